The van der Waals surface area contributed by atoms with Gasteiger partial charge in [-0.05, 0) is 19.5 Å². The third kappa shape index (κ3) is 5.26. The van der Waals surface area contributed by atoms with Gasteiger partial charge in [-0.25, -0.2) is 0 Å². The van der Waals surface area contributed by atoms with E-state index in [1.165, 1.54) is 0 Å². The molecule has 0 saturated carbocycles. The van der Waals surface area contributed by atoms with Crippen molar-refractivity contribution in [1.29, 1.82) is 0 Å². The van der Waals surface area contributed by atoms with E-state index in [9.17, 15) is 4.79 Å². The van der Waals surface area contributed by atoms with E-state index < -0.39 is 0 Å². The molecule has 1 heterocycles. The van der Waals surface area contributed by atoms with Gasteiger partial charge < -0.3 is 5.32 Å². The van der Waals surface area contributed by atoms with Crippen molar-refractivity contribution in [2.24, 2.45) is 0 Å². The molecule has 5 heteroatoms. The molecule has 0 aliphatic heterocycles. The highest BCUT2D eigenvalue weighted by atomic mass is 16.2. The van der Waals surface area contributed by atoms with Crippen LogP contribution in [0.1, 0.15) is 18.2 Å². The fourth-order valence-electron chi connectivity index (χ4n) is 2.13. The van der Waals surface area contributed by atoms with Crippen LogP contribution in [0.15, 0.2) is 48.9 Å². The fourth-order valence-corrected chi connectivity index (χ4v) is 2.13. The summed E-state index contributed by atoms with van der Waals surface area (Å²) in [5, 5.41) is 2.94. The second-order valence-electron chi connectivity index (χ2n) is 5.43. The molecular formula is C17H22N4O. The summed E-state index contributed by atoms with van der Waals surface area (Å²) in [6, 6.07) is 10.1. The van der Waals surface area contributed by atoms with Crippen molar-refractivity contribution in [1.82, 2.24) is 20.2 Å². The first-order valence-electron chi connectivity index (χ1n) is 7.41. The highest BCUT2D eigenvalue weighted by Gasteiger charge is 2.14. The Hall–Kier alpha value is -2.27. The molecule has 2 rings (SSSR count). The van der Waals surface area contributed by atoms with Gasteiger partial charge >= 0.3 is 0 Å². The third-order valence-electron chi connectivity index (χ3n) is 3.60. The molecular weight excluding hydrogens is 276 g/mol. The Kier molecular flexibility index (Phi) is 6.03. The summed E-state index contributed by atoms with van der Waals surface area (Å²) >= 11 is 0. The van der Waals surface area contributed by atoms with Gasteiger partial charge in [0.15, 0.2) is 0 Å². The second kappa shape index (κ2) is 8.24. The number of benzene rings is 1. The van der Waals surface area contributed by atoms with Crippen LogP contribution in [0.5, 0.6) is 0 Å². The summed E-state index contributed by atoms with van der Waals surface area (Å²) in [6.07, 6.45) is 5.89. The lowest BCUT2D eigenvalue weighted by molar-refractivity contribution is -0.122. The van der Waals surface area contributed by atoms with Crippen LogP contribution in [0, 0.1) is 0 Å². The minimum atomic E-state index is 0.0253. The number of aromatic nitrogens is 2. The first-order chi connectivity index (χ1) is 10.6. The first-order valence-corrected chi connectivity index (χ1v) is 7.41. The molecule has 1 aromatic carbocycles. The van der Waals surface area contributed by atoms with Gasteiger partial charge in [0.2, 0.25) is 5.91 Å². The Morgan fingerprint density at radius 3 is 2.73 bits per heavy atom. The van der Waals surface area contributed by atoms with E-state index in [0.29, 0.717) is 13.1 Å². The van der Waals surface area contributed by atoms with Crippen LogP contribution < -0.4 is 5.32 Å². The first kappa shape index (κ1) is 16.1. The van der Waals surface area contributed by atoms with Gasteiger partial charge in [-0.15, -0.1) is 0 Å². The maximum Gasteiger partial charge on any atom is 0.234 e. The van der Waals surface area contributed by atoms with Crippen LogP contribution in [-0.2, 0) is 17.8 Å². The zero-order valence-electron chi connectivity index (χ0n) is 13.1. The summed E-state index contributed by atoms with van der Waals surface area (Å²) in [7, 11) is 1.95. The topological polar surface area (TPSA) is 58.1 Å². The van der Waals surface area contributed by atoms with E-state index in [2.05, 4.69) is 22.2 Å². The van der Waals surface area contributed by atoms with Crippen LogP contribution >= 0.6 is 0 Å². The number of carbonyl (C=O) groups is 1. The molecule has 0 bridgehead atoms. The van der Waals surface area contributed by atoms with Gasteiger partial charge in [0.1, 0.15) is 0 Å². The number of nitrogens with one attached hydrogen (secondary N) is 1. The van der Waals surface area contributed by atoms with E-state index in [0.717, 1.165) is 17.7 Å². The molecule has 0 radical (unpaired) electrons. The molecule has 0 aliphatic carbocycles. The van der Waals surface area contributed by atoms with Crippen molar-refractivity contribution in [3.8, 4) is 0 Å². The normalized spacial score (nSPS) is 12.1. The summed E-state index contributed by atoms with van der Waals surface area (Å²) < 4.78 is 0. The lowest BCUT2D eigenvalue weighted by Crippen LogP contribution is -2.40. The van der Waals surface area contributed by atoms with Crippen LogP contribution in [0.25, 0.3) is 0 Å². The number of amides is 1. The van der Waals surface area contributed by atoms with Crippen molar-refractivity contribution < 1.29 is 4.79 Å². The molecule has 0 fully saturated rings. The number of nitrogens with zero attached hydrogens (tertiary/aromatic N) is 3. The molecule has 1 amide bonds. The molecule has 1 atom stereocenters. The summed E-state index contributed by atoms with van der Waals surface area (Å²) in [4.78, 5) is 22.4. The van der Waals surface area contributed by atoms with Crippen LogP contribution in [0.3, 0.4) is 0 Å². The minimum Gasteiger partial charge on any atom is -0.351 e. The molecule has 0 saturated heterocycles. The number of rotatable bonds is 7. The largest absolute Gasteiger partial charge is 0.351 e. The smallest absolute Gasteiger partial charge is 0.234 e. The summed E-state index contributed by atoms with van der Waals surface area (Å²) in [5.74, 6) is 0.0253. The Balaban J connectivity index is 1.75. The Bertz CT molecular complexity index is 574. The molecule has 0 unspecified atom stereocenters. The van der Waals surface area contributed by atoms with Crippen molar-refractivity contribution in [2.75, 3.05) is 13.6 Å². The quantitative estimate of drug-likeness (QED) is 0.844. The average molecular weight is 298 g/mol. The molecule has 0 aliphatic rings. The van der Waals surface area contributed by atoms with E-state index >= 15 is 0 Å². The monoisotopic (exact) mass is 298 g/mol. The van der Waals surface area contributed by atoms with Gasteiger partial charge in [-0.1, -0.05) is 30.3 Å². The molecule has 2 aromatic rings. The van der Waals surface area contributed by atoms with E-state index in [4.69, 9.17) is 0 Å². The SMILES string of the molecule is C[C@H](Cc1cnccn1)N(C)CC(=O)NCc1ccccc1. The van der Waals surface area contributed by atoms with Gasteiger partial charge in [0, 0.05) is 37.6 Å². The van der Waals surface area contributed by atoms with Gasteiger partial charge in [-0.2, -0.15) is 0 Å². The zero-order valence-corrected chi connectivity index (χ0v) is 13.1. The predicted molar refractivity (Wildman–Crippen MR) is 86.1 cm³/mol. The highest BCUT2D eigenvalue weighted by Crippen LogP contribution is 2.04. The third-order valence-corrected chi connectivity index (χ3v) is 3.60. The zero-order chi connectivity index (χ0) is 15.8. The molecule has 0 spiro atoms. The molecule has 22 heavy (non-hydrogen) atoms. The fraction of sp³-hybridized carbons (Fsp3) is 0.353. The van der Waals surface area contributed by atoms with Crippen LogP contribution in [0.2, 0.25) is 0 Å². The number of hydrogen-bond donors (Lipinski definition) is 1. The van der Waals surface area contributed by atoms with E-state index in [1.807, 2.05) is 42.3 Å². The van der Waals surface area contributed by atoms with Crippen LogP contribution in [0.4, 0.5) is 0 Å². The van der Waals surface area contributed by atoms with Gasteiger partial charge in [0.05, 0.1) is 12.2 Å². The molecule has 5 nitrogen and oxygen atoms in total. The van der Waals surface area contributed by atoms with Gasteiger partial charge in [0.25, 0.3) is 0 Å². The van der Waals surface area contributed by atoms with E-state index in [1.54, 1.807) is 18.6 Å². The average Bonchev–Trinajstić information content (AvgIpc) is 2.55. The number of hydrogen-bond acceptors (Lipinski definition) is 4. The van der Waals surface area contributed by atoms with Crippen molar-refractivity contribution >= 4 is 5.91 Å². The lowest BCUT2D eigenvalue weighted by atomic mass is 10.1. The lowest BCUT2D eigenvalue weighted by Gasteiger charge is -2.23. The molecule has 116 valence electrons. The highest BCUT2D eigenvalue weighted by molar-refractivity contribution is 5.78. The maximum atomic E-state index is 12.0. The summed E-state index contributed by atoms with van der Waals surface area (Å²) in [5.41, 5.74) is 2.04. The van der Waals surface area contributed by atoms with Crippen LogP contribution in [-0.4, -0.2) is 40.4 Å². The molecule has 1 N–H and O–H groups in total. The minimum absolute atomic E-state index is 0.0253. The predicted octanol–water partition coefficient (Wildman–Crippen LogP) is 1.66. The Morgan fingerprint density at radius 1 is 1.27 bits per heavy atom. The van der Waals surface area contributed by atoms with Crippen molar-refractivity contribution in [3.05, 3.63) is 60.2 Å². The van der Waals surface area contributed by atoms with Crippen molar-refractivity contribution in [3.63, 3.8) is 0 Å². The Labute approximate surface area is 131 Å². The maximum absolute atomic E-state index is 12.0. The summed E-state index contributed by atoms with van der Waals surface area (Å²) in [6.45, 7) is 3.01. The standard InChI is InChI=1S/C17H22N4O/c1-14(10-16-12-18-8-9-19-16)21(2)13-17(22)20-11-15-6-4-3-5-7-15/h3-9,12,14H,10-11,13H2,1-2H3,(H,20,22)/t14-/m1/s1. The number of carbonyl (C=O) groups excluding carboxylic acids is 1. The van der Waals surface area contributed by atoms with E-state index in [-0.39, 0.29) is 11.9 Å². The molecule has 1 aromatic heterocycles. The second-order valence-corrected chi connectivity index (χ2v) is 5.43. The Morgan fingerprint density at radius 2 is 2.05 bits per heavy atom. The van der Waals surface area contributed by atoms with Gasteiger partial charge in [-0.3, -0.25) is 19.7 Å². The number of likely N-dealkylation sites (N-methyl/N-ethyl adjacent to an activating group) is 1. The van der Waals surface area contributed by atoms with Crippen molar-refractivity contribution in [2.45, 2.75) is 25.9 Å².